The van der Waals surface area contributed by atoms with E-state index < -0.39 is 5.60 Å². The van der Waals surface area contributed by atoms with Crippen LogP contribution < -0.4 is 5.32 Å². The van der Waals surface area contributed by atoms with Gasteiger partial charge in [0.2, 0.25) is 0 Å². The van der Waals surface area contributed by atoms with Crippen LogP contribution in [-0.2, 0) is 7.05 Å². The molecule has 1 saturated carbocycles. The molecule has 1 aromatic carbocycles. The number of rotatable bonds is 3. The smallest absolute Gasteiger partial charge is 0.251 e. The topological polar surface area (TPSA) is 67.2 Å². The van der Waals surface area contributed by atoms with Gasteiger partial charge in [-0.05, 0) is 44.4 Å². The normalized spacial score (nSPS) is 16.9. The summed E-state index contributed by atoms with van der Waals surface area (Å²) in [6.45, 7) is 2.26. The SMILES string of the molecule is Cc1nc2cc(C(=O)NCC3(O)CCC3)ccc2n1C. The van der Waals surface area contributed by atoms with Crippen LogP contribution in [0.5, 0.6) is 0 Å². The quantitative estimate of drug-likeness (QED) is 0.891. The molecule has 106 valence electrons. The van der Waals surface area contributed by atoms with Crippen LogP contribution in [0.25, 0.3) is 11.0 Å². The van der Waals surface area contributed by atoms with Gasteiger partial charge in [-0.1, -0.05) is 0 Å². The molecule has 1 aliphatic rings. The zero-order valence-electron chi connectivity index (χ0n) is 11.8. The third kappa shape index (κ3) is 2.18. The molecule has 0 spiro atoms. The fourth-order valence-corrected chi connectivity index (χ4v) is 2.57. The Balaban J connectivity index is 1.77. The lowest BCUT2D eigenvalue weighted by molar-refractivity contribution is -0.0300. The average molecular weight is 273 g/mol. The minimum Gasteiger partial charge on any atom is -0.388 e. The fraction of sp³-hybridized carbons (Fsp3) is 0.467. The number of carbonyl (C=O) groups is 1. The Hall–Kier alpha value is -1.88. The van der Waals surface area contributed by atoms with Crippen LogP contribution in [0.4, 0.5) is 0 Å². The zero-order valence-corrected chi connectivity index (χ0v) is 11.8. The van der Waals surface area contributed by atoms with Crippen molar-refractivity contribution in [3.8, 4) is 0 Å². The van der Waals surface area contributed by atoms with E-state index >= 15 is 0 Å². The van der Waals surface area contributed by atoms with Crippen LogP contribution in [0.3, 0.4) is 0 Å². The third-order valence-electron chi connectivity index (χ3n) is 4.23. The van der Waals surface area contributed by atoms with Crippen LogP contribution >= 0.6 is 0 Å². The Bertz CT molecular complexity index is 671. The molecule has 1 fully saturated rings. The largest absolute Gasteiger partial charge is 0.388 e. The number of aromatic nitrogens is 2. The summed E-state index contributed by atoms with van der Waals surface area (Å²) in [6, 6.07) is 5.49. The minimum absolute atomic E-state index is 0.157. The lowest BCUT2D eigenvalue weighted by Crippen LogP contribution is -2.47. The molecule has 0 bridgehead atoms. The standard InChI is InChI=1S/C15H19N3O2/c1-10-17-12-8-11(4-5-13(12)18(10)2)14(19)16-9-15(20)6-3-7-15/h4-5,8,20H,3,6-7,9H2,1-2H3,(H,16,19). The van der Waals surface area contributed by atoms with Crippen molar-refractivity contribution in [3.05, 3.63) is 29.6 Å². The van der Waals surface area contributed by atoms with E-state index in [0.29, 0.717) is 12.1 Å². The molecule has 0 unspecified atom stereocenters. The molecule has 1 heterocycles. The van der Waals surface area contributed by atoms with Crippen molar-refractivity contribution in [1.29, 1.82) is 0 Å². The Morgan fingerprint density at radius 2 is 2.25 bits per heavy atom. The van der Waals surface area contributed by atoms with E-state index in [4.69, 9.17) is 0 Å². The van der Waals surface area contributed by atoms with Crippen molar-refractivity contribution >= 4 is 16.9 Å². The summed E-state index contributed by atoms with van der Waals surface area (Å²) in [4.78, 5) is 16.5. The molecule has 0 saturated heterocycles. The maximum Gasteiger partial charge on any atom is 0.251 e. The van der Waals surface area contributed by atoms with Crippen molar-refractivity contribution in [2.45, 2.75) is 31.8 Å². The summed E-state index contributed by atoms with van der Waals surface area (Å²) in [5, 5.41) is 12.8. The van der Waals surface area contributed by atoms with Crippen LogP contribution in [0, 0.1) is 6.92 Å². The number of imidazole rings is 1. The molecule has 5 nitrogen and oxygen atoms in total. The summed E-state index contributed by atoms with van der Waals surface area (Å²) < 4.78 is 1.99. The van der Waals surface area contributed by atoms with E-state index in [2.05, 4.69) is 10.3 Å². The first-order valence-corrected chi connectivity index (χ1v) is 6.92. The van der Waals surface area contributed by atoms with Gasteiger partial charge in [-0.15, -0.1) is 0 Å². The lowest BCUT2D eigenvalue weighted by Gasteiger charge is -2.36. The molecule has 0 atom stereocenters. The van der Waals surface area contributed by atoms with Gasteiger partial charge in [0.15, 0.2) is 0 Å². The first kappa shape index (κ1) is 13.1. The summed E-state index contributed by atoms with van der Waals surface area (Å²) in [5.41, 5.74) is 1.72. The van der Waals surface area contributed by atoms with E-state index in [1.54, 1.807) is 12.1 Å². The third-order valence-corrected chi connectivity index (χ3v) is 4.23. The number of amides is 1. The number of fused-ring (bicyclic) bond motifs is 1. The van der Waals surface area contributed by atoms with Crippen LogP contribution in [0.2, 0.25) is 0 Å². The van der Waals surface area contributed by atoms with Crippen molar-refractivity contribution < 1.29 is 9.90 Å². The first-order chi connectivity index (χ1) is 9.48. The molecule has 0 radical (unpaired) electrons. The molecule has 2 N–H and O–H groups in total. The van der Waals surface area contributed by atoms with Gasteiger partial charge in [-0.3, -0.25) is 4.79 Å². The number of aliphatic hydroxyl groups is 1. The maximum absolute atomic E-state index is 12.1. The molecule has 0 aliphatic heterocycles. The van der Waals surface area contributed by atoms with Crippen molar-refractivity contribution in [1.82, 2.24) is 14.9 Å². The average Bonchev–Trinajstić information content (AvgIpc) is 2.69. The van der Waals surface area contributed by atoms with Crippen molar-refractivity contribution in [2.24, 2.45) is 7.05 Å². The van der Waals surface area contributed by atoms with Gasteiger partial charge in [0.1, 0.15) is 5.82 Å². The van der Waals surface area contributed by atoms with E-state index in [1.165, 1.54) is 0 Å². The molecular weight excluding hydrogens is 254 g/mol. The highest BCUT2D eigenvalue weighted by molar-refractivity contribution is 5.97. The van der Waals surface area contributed by atoms with E-state index in [9.17, 15) is 9.90 Å². The van der Waals surface area contributed by atoms with Gasteiger partial charge in [-0.25, -0.2) is 4.98 Å². The highest BCUT2D eigenvalue weighted by atomic mass is 16.3. The fourth-order valence-electron chi connectivity index (χ4n) is 2.57. The molecule has 1 amide bonds. The summed E-state index contributed by atoms with van der Waals surface area (Å²) in [5.74, 6) is 0.761. The molecule has 1 aliphatic carbocycles. The van der Waals surface area contributed by atoms with Gasteiger partial charge in [0, 0.05) is 19.2 Å². The molecule has 5 heteroatoms. The van der Waals surface area contributed by atoms with Crippen LogP contribution in [-0.4, -0.2) is 32.7 Å². The maximum atomic E-state index is 12.1. The predicted molar refractivity (Wildman–Crippen MR) is 76.6 cm³/mol. The summed E-state index contributed by atoms with van der Waals surface area (Å²) in [7, 11) is 1.95. The van der Waals surface area contributed by atoms with Crippen molar-refractivity contribution in [3.63, 3.8) is 0 Å². The van der Waals surface area contributed by atoms with E-state index in [-0.39, 0.29) is 5.91 Å². The number of hydrogen-bond acceptors (Lipinski definition) is 3. The second-order valence-electron chi connectivity index (χ2n) is 5.68. The van der Waals surface area contributed by atoms with Crippen LogP contribution in [0.1, 0.15) is 35.4 Å². The molecule has 1 aromatic heterocycles. The summed E-state index contributed by atoms with van der Waals surface area (Å²) in [6.07, 6.45) is 2.57. The highest BCUT2D eigenvalue weighted by Gasteiger charge is 2.34. The zero-order chi connectivity index (χ0) is 14.3. The Kier molecular flexibility index (Phi) is 3.01. The Morgan fingerprint density at radius 3 is 2.90 bits per heavy atom. The van der Waals surface area contributed by atoms with Crippen molar-refractivity contribution in [2.75, 3.05) is 6.54 Å². The number of benzene rings is 1. The highest BCUT2D eigenvalue weighted by Crippen LogP contribution is 2.30. The lowest BCUT2D eigenvalue weighted by atomic mass is 9.80. The Morgan fingerprint density at radius 1 is 1.50 bits per heavy atom. The monoisotopic (exact) mass is 273 g/mol. The number of aryl methyl sites for hydroxylation is 2. The van der Waals surface area contributed by atoms with Crippen LogP contribution in [0.15, 0.2) is 18.2 Å². The number of hydrogen-bond donors (Lipinski definition) is 2. The van der Waals surface area contributed by atoms with Gasteiger partial charge in [0.25, 0.3) is 5.91 Å². The number of nitrogens with zero attached hydrogens (tertiary/aromatic N) is 2. The second-order valence-corrected chi connectivity index (χ2v) is 5.68. The van der Waals surface area contributed by atoms with Gasteiger partial charge in [-0.2, -0.15) is 0 Å². The summed E-state index contributed by atoms with van der Waals surface area (Å²) >= 11 is 0. The molecular formula is C15H19N3O2. The number of nitrogens with one attached hydrogen (secondary N) is 1. The van der Waals surface area contributed by atoms with E-state index in [1.807, 2.05) is 24.6 Å². The molecule has 2 aromatic rings. The van der Waals surface area contributed by atoms with Gasteiger partial charge >= 0.3 is 0 Å². The van der Waals surface area contributed by atoms with E-state index in [0.717, 1.165) is 36.1 Å². The van der Waals surface area contributed by atoms with Gasteiger partial charge < -0.3 is 15.0 Å². The first-order valence-electron chi connectivity index (χ1n) is 6.92. The molecule has 3 rings (SSSR count). The molecule has 20 heavy (non-hydrogen) atoms. The predicted octanol–water partition coefficient (Wildman–Crippen LogP) is 1.53. The second kappa shape index (κ2) is 4.59. The minimum atomic E-state index is -0.693. The van der Waals surface area contributed by atoms with Gasteiger partial charge in [0.05, 0.1) is 16.6 Å². The number of carbonyl (C=O) groups excluding carboxylic acids is 1. The Labute approximate surface area is 117 Å².